The van der Waals surface area contributed by atoms with Crippen molar-refractivity contribution in [3.8, 4) is 0 Å². The number of aromatic nitrogens is 4. The van der Waals surface area contributed by atoms with Crippen LogP contribution in [0.2, 0.25) is 0 Å². The molecule has 3 aromatic rings. The number of nitrogens with zero attached hydrogens (tertiary/aromatic N) is 4. The Morgan fingerprint density at radius 1 is 1.32 bits per heavy atom. The summed E-state index contributed by atoms with van der Waals surface area (Å²) in [6.45, 7) is 4.22. The lowest BCUT2D eigenvalue weighted by molar-refractivity contribution is 0.432. The lowest BCUT2D eigenvalue weighted by Gasteiger charge is -2.26. The molecule has 6 heteroatoms. The van der Waals surface area contributed by atoms with Gasteiger partial charge in [0.1, 0.15) is 16.3 Å². The highest BCUT2D eigenvalue weighted by molar-refractivity contribution is 7.09. The molecule has 0 aromatic carbocycles. The molecular formula is C13H13ClN4S. The SMILES string of the molecule is CC(C)(c1nccs1)n1c(CCl)nc2cccnc21. The van der Waals surface area contributed by atoms with Crippen LogP contribution < -0.4 is 0 Å². The van der Waals surface area contributed by atoms with Gasteiger partial charge < -0.3 is 0 Å². The fraction of sp³-hybridized carbons (Fsp3) is 0.308. The number of thiazole rings is 1. The van der Waals surface area contributed by atoms with E-state index in [1.54, 1.807) is 17.5 Å². The monoisotopic (exact) mass is 292 g/mol. The van der Waals surface area contributed by atoms with Crippen LogP contribution in [-0.2, 0) is 11.4 Å². The highest BCUT2D eigenvalue weighted by atomic mass is 35.5. The number of fused-ring (bicyclic) bond motifs is 1. The van der Waals surface area contributed by atoms with Gasteiger partial charge in [-0.25, -0.2) is 15.0 Å². The van der Waals surface area contributed by atoms with Gasteiger partial charge >= 0.3 is 0 Å². The largest absolute Gasteiger partial charge is 0.299 e. The first-order valence-electron chi connectivity index (χ1n) is 5.93. The number of pyridine rings is 1. The number of hydrogen-bond donors (Lipinski definition) is 0. The first kappa shape index (κ1) is 12.6. The van der Waals surface area contributed by atoms with Crippen LogP contribution in [0, 0.1) is 0 Å². The van der Waals surface area contributed by atoms with Crippen molar-refractivity contribution in [2.75, 3.05) is 0 Å². The van der Waals surface area contributed by atoms with E-state index in [1.165, 1.54) is 0 Å². The second-order valence-corrected chi connectivity index (χ2v) is 5.90. The normalized spacial score (nSPS) is 12.2. The average molecular weight is 293 g/mol. The van der Waals surface area contributed by atoms with Crippen molar-refractivity contribution in [1.82, 2.24) is 19.5 Å². The van der Waals surface area contributed by atoms with Crippen molar-refractivity contribution in [2.24, 2.45) is 0 Å². The van der Waals surface area contributed by atoms with Crippen LogP contribution in [0.25, 0.3) is 11.2 Å². The fourth-order valence-corrected chi connectivity index (χ4v) is 3.19. The summed E-state index contributed by atoms with van der Waals surface area (Å²) in [5.41, 5.74) is 1.39. The van der Waals surface area contributed by atoms with Crippen LogP contribution in [0.1, 0.15) is 24.7 Å². The molecule has 0 unspecified atom stereocenters. The van der Waals surface area contributed by atoms with E-state index in [9.17, 15) is 0 Å². The van der Waals surface area contributed by atoms with E-state index in [-0.39, 0.29) is 5.54 Å². The number of imidazole rings is 1. The minimum absolute atomic E-state index is 0.318. The molecule has 19 heavy (non-hydrogen) atoms. The van der Waals surface area contributed by atoms with Gasteiger partial charge in [-0.3, -0.25) is 4.57 Å². The van der Waals surface area contributed by atoms with Crippen LogP contribution >= 0.6 is 22.9 Å². The van der Waals surface area contributed by atoms with Crippen molar-refractivity contribution >= 4 is 34.1 Å². The summed E-state index contributed by atoms with van der Waals surface area (Å²) in [5, 5.41) is 2.99. The molecule has 0 amide bonds. The van der Waals surface area contributed by atoms with Crippen molar-refractivity contribution in [3.05, 3.63) is 40.7 Å². The van der Waals surface area contributed by atoms with Gasteiger partial charge in [0.15, 0.2) is 5.65 Å². The third-order valence-electron chi connectivity index (χ3n) is 3.12. The second-order valence-electron chi connectivity index (χ2n) is 4.74. The Morgan fingerprint density at radius 2 is 2.16 bits per heavy atom. The molecule has 0 aliphatic carbocycles. The van der Waals surface area contributed by atoms with Gasteiger partial charge in [0.05, 0.1) is 11.4 Å². The van der Waals surface area contributed by atoms with Crippen molar-refractivity contribution in [3.63, 3.8) is 0 Å². The Labute approximate surface area is 120 Å². The number of alkyl halides is 1. The Bertz CT molecular complexity index is 703. The molecule has 0 N–H and O–H groups in total. The van der Waals surface area contributed by atoms with Gasteiger partial charge in [0.2, 0.25) is 0 Å². The van der Waals surface area contributed by atoms with Crippen molar-refractivity contribution in [1.29, 1.82) is 0 Å². The minimum Gasteiger partial charge on any atom is -0.299 e. The van der Waals surface area contributed by atoms with Crippen LogP contribution in [0.3, 0.4) is 0 Å². The van der Waals surface area contributed by atoms with E-state index in [0.717, 1.165) is 22.0 Å². The summed E-state index contributed by atoms with van der Waals surface area (Å²) in [7, 11) is 0. The molecule has 0 bridgehead atoms. The Hall–Kier alpha value is -1.46. The number of halogens is 1. The molecule has 0 atom stereocenters. The number of hydrogen-bond acceptors (Lipinski definition) is 4. The van der Waals surface area contributed by atoms with Gasteiger partial charge in [0, 0.05) is 17.8 Å². The van der Waals surface area contributed by atoms with E-state index in [2.05, 4.69) is 33.4 Å². The van der Waals surface area contributed by atoms with Crippen LogP contribution in [-0.4, -0.2) is 19.5 Å². The predicted octanol–water partition coefficient (Wildman–Crippen LogP) is 3.41. The molecule has 0 saturated heterocycles. The topological polar surface area (TPSA) is 43.6 Å². The molecule has 0 radical (unpaired) electrons. The van der Waals surface area contributed by atoms with Crippen LogP contribution in [0.4, 0.5) is 0 Å². The molecule has 0 saturated carbocycles. The average Bonchev–Trinajstić information content (AvgIpc) is 3.05. The highest BCUT2D eigenvalue weighted by Crippen LogP contribution is 2.32. The standard InChI is InChI=1S/C13H13ClN4S/c1-13(2,12-16-6-7-19-12)18-10(8-14)17-9-4-3-5-15-11(9)18/h3-7H,8H2,1-2H3. The van der Waals surface area contributed by atoms with Crippen molar-refractivity contribution in [2.45, 2.75) is 25.3 Å². The van der Waals surface area contributed by atoms with Crippen LogP contribution in [0.15, 0.2) is 29.9 Å². The second kappa shape index (κ2) is 4.58. The molecule has 0 aliphatic heterocycles. The summed E-state index contributed by atoms with van der Waals surface area (Å²) in [6, 6.07) is 3.83. The zero-order valence-corrected chi connectivity index (χ0v) is 12.2. The smallest absolute Gasteiger partial charge is 0.160 e. The summed E-state index contributed by atoms with van der Waals surface area (Å²) in [5.74, 6) is 1.17. The third kappa shape index (κ3) is 1.93. The first-order chi connectivity index (χ1) is 9.14. The number of rotatable bonds is 3. The van der Waals surface area contributed by atoms with Gasteiger partial charge in [-0.1, -0.05) is 0 Å². The third-order valence-corrected chi connectivity index (χ3v) is 4.44. The Kier molecular flexibility index (Phi) is 3.03. The molecule has 98 valence electrons. The fourth-order valence-electron chi connectivity index (χ4n) is 2.26. The Balaban J connectivity index is 2.29. The summed E-state index contributed by atoms with van der Waals surface area (Å²) >= 11 is 7.67. The predicted molar refractivity (Wildman–Crippen MR) is 77.6 cm³/mol. The van der Waals surface area contributed by atoms with E-state index < -0.39 is 0 Å². The summed E-state index contributed by atoms with van der Waals surface area (Å²) in [6.07, 6.45) is 3.59. The summed E-state index contributed by atoms with van der Waals surface area (Å²) < 4.78 is 2.08. The van der Waals surface area contributed by atoms with E-state index in [4.69, 9.17) is 11.6 Å². The van der Waals surface area contributed by atoms with E-state index >= 15 is 0 Å². The van der Waals surface area contributed by atoms with Gasteiger partial charge in [-0.15, -0.1) is 22.9 Å². The molecular weight excluding hydrogens is 280 g/mol. The van der Waals surface area contributed by atoms with Crippen LogP contribution in [0.5, 0.6) is 0 Å². The molecule has 4 nitrogen and oxygen atoms in total. The molecule has 3 rings (SSSR count). The van der Waals surface area contributed by atoms with E-state index in [1.807, 2.05) is 23.7 Å². The maximum atomic E-state index is 6.04. The zero-order chi connectivity index (χ0) is 13.5. The lowest BCUT2D eigenvalue weighted by atomic mass is 10.1. The highest BCUT2D eigenvalue weighted by Gasteiger charge is 2.30. The molecule has 0 aliphatic rings. The molecule has 3 aromatic heterocycles. The van der Waals surface area contributed by atoms with E-state index in [0.29, 0.717) is 5.88 Å². The first-order valence-corrected chi connectivity index (χ1v) is 7.35. The van der Waals surface area contributed by atoms with Gasteiger partial charge in [-0.2, -0.15) is 0 Å². The maximum Gasteiger partial charge on any atom is 0.160 e. The lowest BCUT2D eigenvalue weighted by Crippen LogP contribution is -2.29. The minimum atomic E-state index is -0.318. The molecule has 0 spiro atoms. The van der Waals surface area contributed by atoms with Crippen molar-refractivity contribution < 1.29 is 0 Å². The van der Waals surface area contributed by atoms with Gasteiger partial charge in [-0.05, 0) is 26.0 Å². The quantitative estimate of drug-likeness (QED) is 0.695. The zero-order valence-electron chi connectivity index (χ0n) is 10.7. The Morgan fingerprint density at radius 3 is 2.84 bits per heavy atom. The maximum absolute atomic E-state index is 6.04. The summed E-state index contributed by atoms with van der Waals surface area (Å²) in [4.78, 5) is 13.4. The molecule has 0 fully saturated rings. The molecule has 3 heterocycles. The van der Waals surface area contributed by atoms with Gasteiger partial charge in [0.25, 0.3) is 0 Å².